The number of nitrogens with zero attached hydrogens (tertiary/aromatic N) is 13. The van der Waals surface area contributed by atoms with Gasteiger partial charge >= 0.3 is 12.0 Å². The summed E-state index contributed by atoms with van der Waals surface area (Å²) in [5.41, 5.74) is 6.78. The summed E-state index contributed by atoms with van der Waals surface area (Å²) < 4.78 is 50.7. The van der Waals surface area contributed by atoms with Gasteiger partial charge in [-0.3, -0.25) is 14.5 Å². The van der Waals surface area contributed by atoms with E-state index in [1.54, 1.807) is 9.80 Å². The lowest BCUT2D eigenvalue weighted by Crippen LogP contribution is -2.55. The van der Waals surface area contributed by atoms with Crippen molar-refractivity contribution < 1.29 is 37.3 Å². The van der Waals surface area contributed by atoms with Crippen molar-refractivity contribution in [2.45, 2.75) is 63.4 Å². The monoisotopic (exact) mass is 1240 g/mol. The van der Waals surface area contributed by atoms with Crippen LogP contribution in [0.25, 0.3) is 21.5 Å². The van der Waals surface area contributed by atoms with Gasteiger partial charge < -0.3 is 48.3 Å². The Morgan fingerprint density at radius 1 is 0.648 bits per heavy atom. The molecule has 2 aromatic heterocycles. The van der Waals surface area contributed by atoms with Gasteiger partial charge in [-0.15, -0.1) is 0 Å². The van der Waals surface area contributed by atoms with Crippen LogP contribution in [0, 0.1) is 28.6 Å². The predicted molar refractivity (Wildman–Crippen MR) is 333 cm³/mol. The van der Waals surface area contributed by atoms with Crippen molar-refractivity contribution >= 4 is 79.6 Å². The van der Waals surface area contributed by atoms with E-state index in [1.165, 1.54) is 24.3 Å². The summed E-state index contributed by atoms with van der Waals surface area (Å²) in [5, 5.41) is 25.0. The average molecular weight is 1240 g/mol. The fourth-order valence-electron chi connectivity index (χ4n) is 13.0. The summed E-state index contributed by atoms with van der Waals surface area (Å²) in [6, 6.07) is 26.7. The fraction of sp³-hybridized carbons (Fsp3) is 0.446. The quantitative estimate of drug-likeness (QED) is 0.0703. The number of hydrogen-bond acceptors (Lipinski definition) is 17. The molecule has 0 N–H and O–H groups in total. The van der Waals surface area contributed by atoms with Crippen LogP contribution in [0.1, 0.15) is 40.9 Å². The number of hydrogen-bond donors (Lipinski definition) is 0. The summed E-state index contributed by atoms with van der Waals surface area (Å²) in [4.78, 5) is 61.1. The van der Waals surface area contributed by atoms with E-state index >= 15 is 0 Å². The molecule has 8 heterocycles. The Labute approximate surface area is 520 Å². The highest BCUT2D eigenvalue weighted by molar-refractivity contribution is 6.37. The molecular formula is C65H69Cl2F2N13O6. The molecule has 3 atom stereocenters. The molecule has 6 aromatic rings. The van der Waals surface area contributed by atoms with Gasteiger partial charge in [-0.2, -0.15) is 30.5 Å². The predicted octanol–water partition coefficient (Wildman–Crippen LogP) is 8.27. The Balaban J connectivity index is 0.759. The number of allylic oxidation sites excluding steroid dienone is 2. The molecule has 458 valence electrons. The Hall–Kier alpha value is -7.92. The molecule has 1 unspecified atom stereocenters. The number of benzene rings is 4. The minimum Gasteiger partial charge on any atom is -0.463 e. The number of carbonyl (C=O) groups is 2. The zero-order chi connectivity index (χ0) is 60.7. The van der Waals surface area contributed by atoms with Gasteiger partial charge in [0, 0.05) is 123 Å². The minimum atomic E-state index is -0.753. The Morgan fingerprint density at radius 2 is 1.20 bits per heavy atom. The lowest BCUT2D eigenvalue weighted by atomic mass is 9.98. The van der Waals surface area contributed by atoms with Gasteiger partial charge in [0.05, 0.1) is 98.0 Å². The third kappa shape index (κ3) is 13.3. The zero-order valence-corrected chi connectivity index (χ0v) is 50.4. The first-order valence-corrected chi connectivity index (χ1v) is 31.0. The van der Waals surface area contributed by atoms with Crippen LogP contribution >= 0.6 is 23.2 Å². The SMILES string of the molecule is N#CC[C@H]1CN(c2nc(OCC3COC3)nc3c2CCN(c2cc(CCN4CCOC(COc5nc6c(c(N7CCN(C(=O)/C=C/CF)[C@@H](CC#N)C7)n5)CCN(c5cccc7cccc(Cl)c57)C6)C4)cc4cccc(Cl)c24)C3)CCN1C(=O)/C=C/CF. The van der Waals surface area contributed by atoms with Gasteiger partial charge in [0.25, 0.3) is 0 Å². The fourth-order valence-corrected chi connectivity index (χ4v) is 13.6. The van der Waals surface area contributed by atoms with E-state index in [4.69, 9.17) is 62.1 Å². The van der Waals surface area contributed by atoms with Crippen LogP contribution in [0.2, 0.25) is 10.0 Å². The Bertz CT molecular complexity index is 3710. The van der Waals surface area contributed by atoms with E-state index in [9.17, 15) is 28.9 Å². The third-order valence-corrected chi connectivity index (χ3v) is 18.1. The number of aromatic nitrogens is 4. The number of morpholine rings is 1. The molecule has 4 aromatic carbocycles. The largest absolute Gasteiger partial charge is 0.463 e. The van der Waals surface area contributed by atoms with Crippen molar-refractivity contribution in [1.82, 2.24) is 34.6 Å². The van der Waals surface area contributed by atoms with Crippen LogP contribution < -0.4 is 29.1 Å². The van der Waals surface area contributed by atoms with Crippen LogP contribution in [-0.2, 0) is 51.4 Å². The maximum atomic E-state index is 13.2. The minimum absolute atomic E-state index is 0.103. The number of nitriles is 2. The first-order valence-electron chi connectivity index (χ1n) is 30.2. The molecule has 0 spiro atoms. The second-order valence-electron chi connectivity index (χ2n) is 23.1. The van der Waals surface area contributed by atoms with Crippen LogP contribution in [-0.4, -0.2) is 183 Å². The number of anilines is 4. The van der Waals surface area contributed by atoms with E-state index in [1.807, 2.05) is 30.3 Å². The second kappa shape index (κ2) is 27.6. The molecule has 0 saturated carbocycles. The van der Waals surface area contributed by atoms with Crippen molar-refractivity contribution in [3.05, 3.63) is 129 Å². The summed E-state index contributed by atoms with van der Waals surface area (Å²) in [7, 11) is 0. The highest BCUT2D eigenvalue weighted by Crippen LogP contribution is 2.41. The highest BCUT2D eigenvalue weighted by atomic mass is 35.5. The molecule has 4 fully saturated rings. The maximum Gasteiger partial charge on any atom is 0.318 e. The molecule has 12 rings (SSSR count). The van der Waals surface area contributed by atoms with E-state index < -0.39 is 25.4 Å². The van der Waals surface area contributed by atoms with Gasteiger partial charge in [0.15, 0.2) is 0 Å². The number of halogens is 4. The second-order valence-corrected chi connectivity index (χ2v) is 23.9. The molecule has 6 aliphatic rings. The van der Waals surface area contributed by atoms with E-state index in [2.05, 4.69) is 73.0 Å². The highest BCUT2D eigenvalue weighted by Gasteiger charge is 2.37. The number of amides is 2. The van der Waals surface area contributed by atoms with Crippen molar-refractivity contribution in [3.8, 4) is 24.2 Å². The first-order chi connectivity index (χ1) is 43.1. The van der Waals surface area contributed by atoms with E-state index in [-0.39, 0.29) is 55.3 Å². The van der Waals surface area contributed by atoms with Gasteiger partial charge in [-0.05, 0) is 72.0 Å². The maximum absolute atomic E-state index is 13.2. The number of fused-ring (bicyclic) bond motifs is 4. The lowest BCUT2D eigenvalue weighted by Gasteiger charge is -2.42. The molecular weight excluding hydrogens is 1170 g/mol. The molecule has 88 heavy (non-hydrogen) atoms. The molecule has 19 nitrogen and oxygen atoms in total. The Kier molecular flexibility index (Phi) is 19.0. The standard InChI is InChI=1S/C65H69Cl2F2N13O6/c66-52-9-1-6-45-7-3-11-56(60(45)52)77-24-17-50-54(37-77)73-65(75-63(50)80-27-29-82(48(35-80)15-22-71)59(84)13-5-20-69)88-42-49-36-76(30-31-86-49)23-16-43-32-46-8-2-10-53(67)61(46)57(33-43)78-25-18-51-55(38-78)72-64(87-41-44-39-85-40-44)74-62(51)79-26-28-81(47(34-79)14-21-70)58(83)12-4-19-68/h1-13,32-33,44,47-49H,14-20,23-31,34-42H2/b12-4+,13-5+/t47-,48-,49?/m0/s1. The van der Waals surface area contributed by atoms with E-state index in [0.29, 0.717) is 127 Å². The summed E-state index contributed by atoms with van der Waals surface area (Å²) in [6.07, 6.45) is 6.81. The van der Waals surface area contributed by atoms with Crippen LogP contribution in [0.3, 0.4) is 0 Å². The van der Waals surface area contributed by atoms with Gasteiger partial charge in [-0.25, -0.2) is 8.78 Å². The van der Waals surface area contributed by atoms with Crippen molar-refractivity contribution in [2.75, 3.05) is 138 Å². The number of piperazine rings is 2. The van der Waals surface area contributed by atoms with Crippen molar-refractivity contribution in [1.29, 1.82) is 10.5 Å². The van der Waals surface area contributed by atoms with E-state index in [0.717, 1.165) is 86.3 Å². The molecule has 6 aliphatic heterocycles. The molecule has 23 heteroatoms. The molecule has 0 radical (unpaired) electrons. The average Bonchev–Trinajstić information content (AvgIpc) is 3.41. The topological polar surface area (TPSA) is 193 Å². The molecule has 0 aliphatic carbocycles. The first kappa shape index (κ1) is 60.4. The van der Waals surface area contributed by atoms with Crippen LogP contribution in [0.15, 0.2) is 91.0 Å². The van der Waals surface area contributed by atoms with Crippen LogP contribution in [0.4, 0.5) is 31.8 Å². The van der Waals surface area contributed by atoms with Crippen LogP contribution in [0.5, 0.6) is 12.0 Å². The molecule has 2 amide bonds. The van der Waals surface area contributed by atoms with Gasteiger partial charge in [-0.1, -0.05) is 65.7 Å². The number of ether oxygens (including phenoxy) is 4. The molecule has 4 saturated heterocycles. The smallest absolute Gasteiger partial charge is 0.318 e. The number of rotatable bonds is 19. The van der Waals surface area contributed by atoms with Crippen molar-refractivity contribution in [3.63, 3.8) is 0 Å². The van der Waals surface area contributed by atoms with Gasteiger partial charge in [0.1, 0.15) is 37.7 Å². The summed E-state index contributed by atoms with van der Waals surface area (Å²) in [6.45, 7) is 7.54. The summed E-state index contributed by atoms with van der Waals surface area (Å²) >= 11 is 14.0. The summed E-state index contributed by atoms with van der Waals surface area (Å²) in [5.74, 6) is 1.04. The Morgan fingerprint density at radius 3 is 1.77 bits per heavy atom. The lowest BCUT2D eigenvalue weighted by molar-refractivity contribution is -0.129. The normalized spacial score (nSPS) is 20.1. The van der Waals surface area contributed by atoms with Gasteiger partial charge in [0.2, 0.25) is 11.8 Å². The zero-order valence-electron chi connectivity index (χ0n) is 48.9. The number of alkyl halides is 2. The molecule has 0 bridgehead atoms. The third-order valence-electron chi connectivity index (χ3n) is 17.5. The van der Waals surface area contributed by atoms with Crippen molar-refractivity contribution in [2.24, 2.45) is 5.92 Å². The number of carbonyl (C=O) groups excluding carboxylic acids is 2.